The minimum atomic E-state index is -4.09. The molecule has 0 heterocycles. The highest BCUT2D eigenvalue weighted by molar-refractivity contribution is 8.00. The fourth-order valence-electron chi connectivity index (χ4n) is 0.542. The van der Waals surface area contributed by atoms with Crippen LogP contribution in [-0.4, -0.2) is 24.4 Å². The fraction of sp³-hybridized carbons (Fsp3) is 0.714. The lowest BCUT2D eigenvalue weighted by Gasteiger charge is -2.04. The van der Waals surface area contributed by atoms with Crippen molar-refractivity contribution in [1.82, 2.24) is 5.32 Å². The molecule has 0 aromatic heterocycles. The van der Waals surface area contributed by atoms with E-state index in [2.05, 4.69) is 5.32 Å². The molecule has 0 aliphatic carbocycles. The number of rotatable bonds is 5. The lowest BCUT2D eigenvalue weighted by Crippen LogP contribution is -2.18. The van der Waals surface area contributed by atoms with E-state index < -0.39 is 5.51 Å². The zero-order chi connectivity index (χ0) is 9.45. The van der Waals surface area contributed by atoms with Crippen LogP contribution in [0.3, 0.4) is 0 Å². The summed E-state index contributed by atoms with van der Waals surface area (Å²) in [4.78, 5) is 0. The summed E-state index contributed by atoms with van der Waals surface area (Å²) in [7, 11) is 0. The van der Waals surface area contributed by atoms with Gasteiger partial charge >= 0.3 is 5.51 Å². The van der Waals surface area contributed by atoms with Crippen molar-refractivity contribution >= 4 is 11.8 Å². The third kappa shape index (κ3) is 9.84. The van der Waals surface area contributed by atoms with Crippen molar-refractivity contribution in [2.45, 2.75) is 12.4 Å². The summed E-state index contributed by atoms with van der Waals surface area (Å²) in [5.41, 5.74) is -4.09. The number of thioether (sulfide) groups is 1. The van der Waals surface area contributed by atoms with Gasteiger partial charge in [-0.3, -0.25) is 0 Å². The summed E-state index contributed by atoms with van der Waals surface area (Å²) in [6.45, 7) is 2.88. The van der Waals surface area contributed by atoms with E-state index in [0.29, 0.717) is 13.1 Å². The van der Waals surface area contributed by atoms with Gasteiger partial charge in [0, 0.05) is 18.8 Å². The third-order valence-electron chi connectivity index (χ3n) is 1.04. The zero-order valence-electron chi connectivity index (χ0n) is 6.82. The van der Waals surface area contributed by atoms with Gasteiger partial charge in [-0.1, -0.05) is 12.2 Å². The molecule has 0 atom stereocenters. The topological polar surface area (TPSA) is 12.0 Å². The number of halogens is 3. The van der Waals surface area contributed by atoms with E-state index in [4.69, 9.17) is 0 Å². The van der Waals surface area contributed by atoms with E-state index in [0.717, 1.165) is 0 Å². The minimum Gasteiger partial charge on any atom is -0.312 e. The normalized spacial score (nSPS) is 12.7. The monoisotopic (exact) mass is 199 g/mol. The fourth-order valence-corrected chi connectivity index (χ4v) is 1.02. The SMILES string of the molecule is C/C=C/CNCCSC(F)(F)F. The minimum absolute atomic E-state index is 0.00501. The van der Waals surface area contributed by atoms with Crippen molar-refractivity contribution in [3.05, 3.63) is 12.2 Å². The summed E-state index contributed by atoms with van der Waals surface area (Å²) in [5.74, 6) is 0.0705. The van der Waals surface area contributed by atoms with Gasteiger partial charge < -0.3 is 5.32 Å². The van der Waals surface area contributed by atoms with Gasteiger partial charge in [0.25, 0.3) is 0 Å². The van der Waals surface area contributed by atoms with Crippen molar-refractivity contribution in [2.75, 3.05) is 18.8 Å². The molecule has 72 valence electrons. The molecule has 0 aromatic rings. The third-order valence-corrected chi connectivity index (χ3v) is 1.78. The lowest BCUT2D eigenvalue weighted by molar-refractivity contribution is -0.0327. The first-order valence-electron chi connectivity index (χ1n) is 3.59. The first-order chi connectivity index (χ1) is 5.56. The summed E-state index contributed by atoms with van der Waals surface area (Å²) in [6.07, 6.45) is 3.71. The average Bonchev–Trinajstić information content (AvgIpc) is 1.94. The van der Waals surface area contributed by atoms with Crippen molar-refractivity contribution in [1.29, 1.82) is 0 Å². The first-order valence-corrected chi connectivity index (χ1v) is 4.57. The Kier molecular flexibility index (Phi) is 6.28. The van der Waals surface area contributed by atoms with Crippen molar-refractivity contribution in [3.63, 3.8) is 0 Å². The molecule has 0 radical (unpaired) electrons. The highest BCUT2D eigenvalue weighted by Gasteiger charge is 2.27. The molecule has 0 saturated carbocycles. The van der Waals surface area contributed by atoms with Crippen molar-refractivity contribution < 1.29 is 13.2 Å². The maximum Gasteiger partial charge on any atom is 0.441 e. The largest absolute Gasteiger partial charge is 0.441 e. The molecule has 1 nitrogen and oxygen atoms in total. The average molecular weight is 199 g/mol. The number of hydrogen-bond acceptors (Lipinski definition) is 2. The molecule has 12 heavy (non-hydrogen) atoms. The van der Waals surface area contributed by atoms with Gasteiger partial charge in [-0.25, -0.2) is 0 Å². The summed E-state index contributed by atoms with van der Waals surface area (Å²) in [6, 6.07) is 0. The molecule has 0 aliphatic rings. The van der Waals surface area contributed by atoms with Gasteiger partial charge in [0.15, 0.2) is 0 Å². The predicted octanol–water partition coefficient (Wildman–Crippen LogP) is 2.41. The molecule has 0 amide bonds. The van der Waals surface area contributed by atoms with E-state index in [9.17, 15) is 13.2 Å². The first kappa shape index (κ1) is 11.8. The lowest BCUT2D eigenvalue weighted by atomic mass is 10.5. The van der Waals surface area contributed by atoms with Gasteiger partial charge in [0.1, 0.15) is 0 Å². The second-order valence-corrected chi connectivity index (χ2v) is 3.23. The number of hydrogen-bond donors (Lipinski definition) is 1. The van der Waals surface area contributed by atoms with Crippen LogP contribution in [0, 0.1) is 0 Å². The summed E-state index contributed by atoms with van der Waals surface area (Å²) < 4.78 is 34.7. The van der Waals surface area contributed by atoms with Crippen LogP contribution in [0.5, 0.6) is 0 Å². The standard InChI is InChI=1S/C7H12F3NS/c1-2-3-4-11-5-6-12-7(8,9)10/h2-3,11H,4-6H2,1H3/b3-2+. The molecular weight excluding hydrogens is 187 g/mol. The number of alkyl halides is 3. The molecule has 0 saturated heterocycles. The van der Waals surface area contributed by atoms with Gasteiger partial charge in [-0.15, -0.1) is 0 Å². The summed E-state index contributed by atoms with van der Waals surface area (Å²) >= 11 is 0.00501. The van der Waals surface area contributed by atoms with E-state index in [-0.39, 0.29) is 17.5 Å². The van der Waals surface area contributed by atoms with Crippen LogP contribution in [0.2, 0.25) is 0 Å². The maximum absolute atomic E-state index is 11.6. The molecule has 0 fully saturated rings. The quantitative estimate of drug-likeness (QED) is 0.539. The van der Waals surface area contributed by atoms with Crippen LogP contribution >= 0.6 is 11.8 Å². The Morgan fingerprint density at radius 3 is 2.58 bits per heavy atom. The van der Waals surface area contributed by atoms with E-state index in [1.54, 1.807) is 0 Å². The van der Waals surface area contributed by atoms with Gasteiger partial charge in [-0.2, -0.15) is 13.2 Å². The van der Waals surface area contributed by atoms with E-state index >= 15 is 0 Å². The maximum atomic E-state index is 11.6. The summed E-state index contributed by atoms with van der Waals surface area (Å²) in [5, 5.41) is 2.85. The number of allylic oxidation sites excluding steroid dienone is 1. The molecule has 1 N–H and O–H groups in total. The van der Waals surface area contributed by atoms with Crippen LogP contribution in [0.1, 0.15) is 6.92 Å². The van der Waals surface area contributed by atoms with Gasteiger partial charge in [-0.05, 0) is 18.7 Å². The highest BCUT2D eigenvalue weighted by Crippen LogP contribution is 2.29. The van der Waals surface area contributed by atoms with E-state index in [1.165, 1.54) is 0 Å². The van der Waals surface area contributed by atoms with Crippen LogP contribution in [-0.2, 0) is 0 Å². The predicted molar refractivity (Wildman–Crippen MR) is 46.2 cm³/mol. The molecule has 0 bridgehead atoms. The molecule has 0 aromatic carbocycles. The Hall–Kier alpha value is -0.160. The number of nitrogens with one attached hydrogen (secondary N) is 1. The zero-order valence-corrected chi connectivity index (χ0v) is 7.63. The van der Waals surface area contributed by atoms with Crippen LogP contribution in [0.25, 0.3) is 0 Å². The Morgan fingerprint density at radius 1 is 1.42 bits per heavy atom. The Labute approximate surface area is 74.4 Å². The van der Waals surface area contributed by atoms with Crippen molar-refractivity contribution in [3.8, 4) is 0 Å². The molecule has 0 unspecified atom stereocenters. The van der Waals surface area contributed by atoms with Gasteiger partial charge in [0.05, 0.1) is 0 Å². The molecule has 0 rings (SSSR count). The highest BCUT2D eigenvalue weighted by atomic mass is 32.2. The Balaban J connectivity index is 3.11. The Morgan fingerprint density at radius 2 is 2.08 bits per heavy atom. The molecule has 0 aliphatic heterocycles. The van der Waals surface area contributed by atoms with E-state index in [1.807, 2.05) is 19.1 Å². The van der Waals surface area contributed by atoms with Gasteiger partial charge in [0.2, 0.25) is 0 Å². The second kappa shape index (κ2) is 6.37. The molecular formula is C7H12F3NS. The second-order valence-electron chi connectivity index (χ2n) is 2.07. The Bertz CT molecular complexity index is 133. The van der Waals surface area contributed by atoms with Crippen LogP contribution < -0.4 is 5.32 Å². The molecule has 5 heteroatoms. The molecule has 0 spiro atoms. The van der Waals surface area contributed by atoms with Crippen LogP contribution in [0.4, 0.5) is 13.2 Å². The smallest absolute Gasteiger partial charge is 0.312 e. The van der Waals surface area contributed by atoms with Crippen molar-refractivity contribution in [2.24, 2.45) is 0 Å². The van der Waals surface area contributed by atoms with Crippen LogP contribution in [0.15, 0.2) is 12.2 Å².